The number of thioether (sulfide) groups is 1. The van der Waals surface area contributed by atoms with Crippen LogP contribution >= 0.6 is 23.1 Å². The maximum Gasteiger partial charge on any atom is 0.274 e. The molecule has 0 aliphatic heterocycles. The van der Waals surface area contributed by atoms with E-state index in [1.165, 1.54) is 28.8 Å². The zero-order valence-corrected chi connectivity index (χ0v) is 16.0. The monoisotopic (exact) mass is 388 g/mol. The van der Waals surface area contributed by atoms with E-state index in [0.29, 0.717) is 17.1 Å². The van der Waals surface area contributed by atoms with Gasteiger partial charge in [0, 0.05) is 33.2 Å². The Kier molecular flexibility index (Phi) is 4.92. The number of hydrogen-bond donors (Lipinski definition) is 1. The summed E-state index contributed by atoms with van der Waals surface area (Å²) in [7, 11) is 0. The molecule has 1 aromatic carbocycles. The molecule has 2 aromatic heterocycles. The predicted molar refractivity (Wildman–Crippen MR) is 103 cm³/mol. The van der Waals surface area contributed by atoms with Gasteiger partial charge in [0.05, 0.1) is 4.92 Å². The summed E-state index contributed by atoms with van der Waals surface area (Å²) in [6.45, 7) is 5.90. The van der Waals surface area contributed by atoms with Crippen LogP contribution in [0.2, 0.25) is 0 Å². The number of thiophene rings is 1. The fourth-order valence-corrected chi connectivity index (χ4v) is 4.84. The van der Waals surface area contributed by atoms with E-state index in [0.717, 1.165) is 20.8 Å². The fraction of sp³-hybridized carbons (Fsp3) is 0.235. The predicted octanol–water partition coefficient (Wildman–Crippen LogP) is 3.92. The average Bonchev–Trinajstić information content (AvgIpc) is 2.86. The second-order valence-corrected chi connectivity index (χ2v) is 7.96. The van der Waals surface area contributed by atoms with Gasteiger partial charge in [-0.15, -0.1) is 23.1 Å². The van der Waals surface area contributed by atoms with Crippen LogP contribution < -0.4 is 5.73 Å². The normalized spacial score (nSPS) is 11.0. The number of carbonyl (C=O) groups excluding carboxylic acids is 1. The van der Waals surface area contributed by atoms with Crippen LogP contribution in [0.3, 0.4) is 0 Å². The molecule has 1 amide bonds. The molecular weight excluding hydrogens is 372 g/mol. The lowest BCUT2D eigenvalue weighted by molar-refractivity contribution is -0.385. The van der Waals surface area contributed by atoms with Gasteiger partial charge in [-0.2, -0.15) is 0 Å². The fourth-order valence-electron chi connectivity index (χ4n) is 2.57. The molecule has 0 saturated carbocycles. The average molecular weight is 388 g/mol. The first-order valence-electron chi connectivity index (χ1n) is 7.72. The maximum absolute atomic E-state index is 11.4. The van der Waals surface area contributed by atoms with Gasteiger partial charge in [-0.05, 0) is 32.4 Å². The first-order valence-corrected chi connectivity index (χ1v) is 9.52. The van der Waals surface area contributed by atoms with E-state index < -0.39 is 10.8 Å². The van der Waals surface area contributed by atoms with E-state index in [4.69, 9.17) is 5.73 Å². The molecule has 2 heterocycles. The van der Waals surface area contributed by atoms with E-state index >= 15 is 0 Å². The van der Waals surface area contributed by atoms with Gasteiger partial charge in [-0.25, -0.2) is 9.97 Å². The van der Waals surface area contributed by atoms with Crippen molar-refractivity contribution < 1.29 is 9.72 Å². The molecule has 0 unspecified atom stereocenters. The molecule has 7 nitrogen and oxygen atoms in total. The lowest BCUT2D eigenvalue weighted by Crippen LogP contribution is -2.11. The molecule has 26 heavy (non-hydrogen) atoms. The standard InChI is InChI=1S/C17H16N4O3S2/c1-8-9(2)26-17-14(8)16(19-10(3)20-17)25-7-12-5-4-11(15(18)22)6-13(12)21(23)24/h4-6H,7H2,1-3H3,(H2,18,22). The number of aryl methyl sites for hydroxylation is 3. The SMILES string of the molecule is Cc1nc(SCc2ccc(C(N)=O)cc2[N+](=O)[O-])c2c(C)c(C)sc2n1. The highest BCUT2D eigenvalue weighted by Crippen LogP contribution is 2.37. The lowest BCUT2D eigenvalue weighted by Gasteiger charge is -2.07. The molecule has 0 saturated heterocycles. The summed E-state index contributed by atoms with van der Waals surface area (Å²) in [6.07, 6.45) is 0. The maximum atomic E-state index is 11.4. The third-order valence-corrected chi connectivity index (χ3v) is 6.16. The third-order valence-electron chi connectivity index (χ3n) is 4.04. The minimum Gasteiger partial charge on any atom is -0.366 e. The Hall–Kier alpha value is -2.52. The van der Waals surface area contributed by atoms with Gasteiger partial charge in [-0.1, -0.05) is 6.07 Å². The Morgan fingerprint density at radius 3 is 2.69 bits per heavy atom. The summed E-state index contributed by atoms with van der Waals surface area (Å²) >= 11 is 3.04. The van der Waals surface area contributed by atoms with Crippen molar-refractivity contribution in [2.45, 2.75) is 31.6 Å². The second kappa shape index (κ2) is 7.00. The molecule has 0 atom stereocenters. The van der Waals surface area contributed by atoms with E-state index in [-0.39, 0.29) is 11.3 Å². The van der Waals surface area contributed by atoms with Crippen molar-refractivity contribution in [3.8, 4) is 0 Å². The smallest absolute Gasteiger partial charge is 0.274 e. The molecule has 0 spiro atoms. The number of nitro benzene ring substituents is 1. The summed E-state index contributed by atoms with van der Waals surface area (Å²) in [4.78, 5) is 33.2. The Bertz CT molecular complexity index is 1050. The Morgan fingerprint density at radius 2 is 2.04 bits per heavy atom. The van der Waals surface area contributed by atoms with Crippen molar-refractivity contribution in [3.63, 3.8) is 0 Å². The topological polar surface area (TPSA) is 112 Å². The lowest BCUT2D eigenvalue weighted by atomic mass is 10.1. The molecule has 0 bridgehead atoms. The minimum absolute atomic E-state index is 0.117. The van der Waals surface area contributed by atoms with Crippen molar-refractivity contribution in [1.82, 2.24) is 9.97 Å². The number of hydrogen-bond acceptors (Lipinski definition) is 7. The number of fused-ring (bicyclic) bond motifs is 1. The number of nitrogens with two attached hydrogens (primary N) is 1. The zero-order valence-electron chi connectivity index (χ0n) is 14.4. The van der Waals surface area contributed by atoms with Gasteiger partial charge < -0.3 is 5.73 Å². The molecule has 134 valence electrons. The second-order valence-electron chi connectivity index (χ2n) is 5.79. The number of nitrogens with zero attached hydrogens (tertiary/aromatic N) is 3. The number of benzene rings is 1. The highest BCUT2D eigenvalue weighted by molar-refractivity contribution is 7.98. The Balaban J connectivity index is 1.98. The highest BCUT2D eigenvalue weighted by atomic mass is 32.2. The summed E-state index contributed by atoms with van der Waals surface area (Å²) in [5.41, 5.74) is 6.86. The highest BCUT2D eigenvalue weighted by Gasteiger charge is 2.19. The van der Waals surface area contributed by atoms with Gasteiger partial charge >= 0.3 is 0 Å². The van der Waals surface area contributed by atoms with E-state index in [2.05, 4.69) is 9.97 Å². The molecule has 3 rings (SSSR count). The molecule has 0 aliphatic rings. The van der Waals surface area contributed by atoms with Crippen molar-refractivity contribution in [2.75, 3.05) is 0 Å². The number of carbonyl (C=O) groups is 1. The zero-order chi connectivity index (χ0) is 19.0. The minimum atomic E-state index is -0.690. The van der Waals surface area contributed by atoms with Crippen LogP contribution in [-0.4, -0.2) is 20.8 Å². The molecule has 2 N–H and O–H groups in total. The van der Waals surface area contributed by atoms with Crippen molar-refractivity contribution in [3.05, 3.63) is 55.7 Å². The quantitative estimate of drug-likeness (QED) is 0.307. The van der Waals surface area contributed by atoms with Crippen LogP contribution in [0.5, 0.6) is 0 Å². The number of aromatic nitrogens is 2. The summed E-state index contributed by atoms with van der Waals surface area (Å²) in [6, 6.07) is 4.30. The molecule has 3 aromatic rings. The summed E-state index contributed by atoms with van der Waals surface area (Å²) in [5.74, 6) is 0.333. The van der Waals surface area contributed by atoms with Gasteiger partial charge in [0.2, 0.25) is 5.91 Å². The first-order chi connectivity index (χ1) is 12.3. The summed E-state index contributed by atoms with van der Waals surface area (Å²) in [5, 5.41) is 13.2. The van der Waals surface area contributed by atoms with Gasteiger partial charge in [-0.3, -0.25) is 14.9 Å². The van der Waals surface area contributed by atoms with Gasteiger partial charge in [0.1, 0.15) is 15.7 Å². The van der Waals surface area contributed by atoms with Crippen LogP contribution in [0.25, 0.3) is 10.2 Å². The third kappa shape index (κ3) is 3.40. The summed E-state index contributed by atoms with van der Waals surface area (Å²) < 4.78 is 0. The Labute approximate surface area is 157 Å². The molecule has 0 aliphatic carbocycles. The largest absolute Gasteiger partial charge is 0.366 e. The van der Waals surface area contributed by atoms with Crippen molar-refractivity contribution in [2.24, 2.45) is 5.73 Å². The van der Waals surface area contributed by atoms with E-state index in [1.54, 1.807) is 17.4 Å². The van der Waals surface area contributed by atoms with E-state index in [1.807, 2.05) is 20.8 Å². The Morgan fingerprint density at radius 1 is 1.31 bits per heavy atom. The number of primary amides is 1. The number of nitro groups is 1. The van der Waals surface area contributed by atoms with Crippen molar-refractivity contribution in [1.29, 1.82) is 0 Å². The van der Waals surface area contributed by atoms with Crippen LogP contribution in [0.4, 0.5) is 5.69 Å². The van der Waals surface area contributed by atoms with Gasteiger partial charge in [0.25, 0.3) is 5.69 Å². The van der Waals surface area contributed by atoms with Crippen LogP contribution in [0.15, 0.2) is 23.2 Å². The van der Waals surface area contributed by atoms with E-state index in [9.17, 15) is 14.9 Å². The molecule has 0 radical (unpaired) electrons. The van der Waals surface area contributed by atoms with Crippen LogP contribution in [0, 0.1) is 30.9 Å². The number of rotatable bonds is 5. The molecular formula is C17H16N4O3S2. The molecule has 9 heteroatoms. The van der Waals surface area contributed by atoms with Crippen molar-refractivity contribution >= 4 is 44.9 Å². The van der Waals surface area contributed by atoms with Gasteiger partial charge in [0.15, 0.2) is 0 Å². The molecule has 0 fully saturated rings. The van der Waals surface area contributed by atoms with Crippen LogP contribution in [-0.2, 0) is 5.75 Å². The number of amides is 1. The first kappa shape index (κ1) is 18.3. The van der Waals surface area contributed by atoms with Crippen LogP contribution in [0.1, 0.15) is 32.2 Å².